The van der Waals surface area contributed by atoms with Gasteiger partial charge in [0.25, 0.3) is 0 Å². The number of anilines is 1. The van der Waals surface area contributed by atoms with Crippen LogP contribution in [0.15, 0.2) is 66.7 Å². The van der Waals surface area contributed by atoms with Gasteiger partial charge in [-0.1, -0.05) is 54.6 Å². The van der Waals surface area contributed by atoms with Gasteiger partial charge in [-0.15, -0.1) is 0 Å². The van der Waals surface area contributed by atoms with Gasteiger partial charge in [0.2, 0.25) is 0 Å². The Morgan fingerprint density at radius 3 is 2.28 bits per heavy atom. The molecule has 2 unspecified atom stereocenters. The van der Waals surface area contributed by atoms with Crippen LogP contribution in [0.25, 0.3) is 11.1 Å². The van der Waals surface area contributed by atoms with Crippen LogP contribution >= 0.6 is 0 Å². The molecule has 3 aromatic carbocycles. The summed E-state index contributed by atoms with van der Waals surface area (Å²) < 4.78 is 10.7. The molecule has 0 saturated carbocycles. The largest absolute Gasteiger partial charge is 0.496 e. The van der Waals surface area contributed by atoms with Gasteiger partial charge in [-0.05, 0) is 28.3 Å². The van der Waals surface area contributed by atoms with E-state index in [0.29, 0.717) is 17.0 Å². The molecule has 0 saturated heterocycles. The number of fused-ring (bicyclic) bond motifs is 3. The molecule has 0 aromatic heterocycles. The minimum atomic E-state index is -1.26. The number of nitrogen functional groups attached to an aromatic ring is 1. The van der Waals surface area contributed by atoms with Crippen molar-refractivity contribution in [2.45, 2.75) is 18.1 Å². The van der Waals surface area contributed by atoms with Crippen LogP contribution in [0.1, 0.15) is 28.7 Å². The van der Waals surface area contributed by atoms with Crippen LogP contribution < -0.4 is 15.8 Å². The number of methoxy groups -OCH3 is 1. The molecule has 166 valence electrons. The fourth-order valence-electron chi connectivity index (χ4n) is 4.13. The normalized spacial score (nSPS) is 14.2. The zero-order valence-corrected chi connectivity index (χ0v) is 17.7. The Morgan fingerprint density at radius 1 is 1.03 bits per heavy atom. The van der Waals surface area contributed by atoms with E-state index in [1.807, 2.05) is 36.4 Å². The number of hydrogen-bond donors (Lipinski definition) is 4. The van der Waals surface area contributed by atoms with Gasteiger partial charge < -0.3 is 30.7 Å². The maximum atomic E-state index is 12.3. The molecule has 0 radical (unpaired) electrons. The molecule has 0 aliphatic heterocycles. The number of hydrogen-bond acceptors (Lipinski definition) is 6. The SMILES string of the molecule is COc1cc(N)ccc1C(O)C(O)CNC(=O)OCC1c2ccccc2-c2ccccc21. The molecule has 4 rings (SSSR count). The fraction of sp³-hybridized carbons (Fsp3) is 0.240. The predicted molar refractivity (Wildman–Crippen MR) is 121 cm³/mol. The Labute approximate surface area is 186 Å². The van der Waals surface area contributed by atoms with Crippen molar-refractivity contribution in [1.82, 2.24) is 5.32 Å². The molecular weight excluding hydrogens is 408 g/mol. The summed E-state index contributed by atoms with van der Waals surface area (Å²) in [5.74, 6) is 0.306. The Morgan fingerprint density at radius 2 is 1.66 bits per heavy atom. The number of nitrogens with two attached hydrogens (primary N) is 1. The quantitative estimate of drug-likeness (QED) is 0.425. The number of nitrogens with one attached hydrogen (secondary N) is 1. The summed E-state index contributed by atoms with van der Waals surface area (Å²) in [6, 6.07) is 20.9. The van der Waals surface area contributed by atoms with E-state index in [1.54, 1.807) is 18.2 Å². The number of benzene rings is 3. The molecule has 0 heterocycles. The molecule has 5 N–H and O–H groups in total. The zero-order valence-electron chi connectivity index (χ0n) is 17.7. The Hall–Kier alpha value is -3.55. The van der Waals surface area contributed by atoms with E-state index in [1.165, 1.54) is 7.11 Å². The van der Waals surface area contributed by atoms with Gasteiger partial charge in [-0.2, -0.15) is 0 Å². The van der Waals surface area contributed by atoms with Crippen LogP contribution in [0.4, 0.5) is 10.5 Å². The first-order valence-electron chi connectivity index (χ1n) is 10.4. The summed E-state index contributed by atoms with van der Waals surface area (Å²) in [6.45, 7) is -0.0182. The highest BCUT2D eigenvalue weighted by Gasteiger charge is 2.29. The summed E-state index contributed by atoms with van der Waals surface area (Å²) in [4.78, 5) is 12.3. The highest BCUT2D eigenvalue weighted by molar-refractivity contribution is 5.79. The van der Waals surface area contributed by atoms with Gasteiger partial charge in [0.05, 0.1) is 7.11 Å². The molecule has 0 fully saturated rings. The molecule has 7 nitrogen and oxygen atoms in total. The standard InChI is InChI=1S/C25H26N2O5/c1-31-23-12-15(26)10-11-20(23)24(29)22(28)13-27-25(30)32-14-21-18-8-4-2-6-16(18)17-7-3-5-9-19(17)21/h2-12,21-22,24,28-29H,13-14,26H2,1H3,(H,27,30). The van der Waals surface area contributed by atoms with Crippen molar-refractivity contribution in [2.24, 2.45) is 0 Å². The van der Waals surface area contributed by atoms with Crippen LogP contribution in [0, 0.1) is 0 Å². The van der Waals surface area contributed by atoms with Crippen molar-refractivity contribution < 1.29 is 24.5 Å². The minimum absolute atomic E-state index is 0.0531. The molecular formula is C25H26N2O5. The summed E-state index contributed by atoms with van der Waals surface area (Å²) in [5.41, 5.74) is 11.1. The van der Waals surface area contributed by atoms with Gasteiger partial charge in [-0.3, -0.25) is 0 Å². The third-order valence-corrected chi connectivity index (χ3v) is 5.74. The monoisotopic (exact) mass is 434 g/mol. The Bertz CT molecular complexity index is 1070. The third kappa shape index (κ3) is 4.26. The molecule has 1 amide bonds. The van der Waals surface area contributed by atoms with Crippen molar-refractivity contribution in [3.63, 3.8) is 0 Å². The third-order valence-electron chi connectivity index (χ3n) is 5.74. The lowest BCUT2D eigenvalue weighted by Gasteiger charge is -2.21. The first-order valence-corrected chi connectivity index (χ1v) is 10.4. The van der Waals surface area contributed by atoms with Crippen LogP contribution in [0.2, 0.25) is 0 Å². The molecule has 7 heteroatoms. The van der Waals surface area contributed by atoms with Crippen LogP contribution in [0.3, 0.4) is 0 Å². The number of carbonyl (C=O) groups is 1. The average molecular weight is 434 g/mol. The van der Waals surface area contributed by atoms with Gasteiger partial charge >= 0.3 is 6.09 Å². The van der Waals surface area contributed by atoms with E-state index in [-0.39, 0.29) is 19.1 Å². The van der Waals surface area contributed by atoms with E-state index in [4.69, 9.17) is 15.2 Å². The first kappa shape index (κ1) is 21.7. The number of carbonyl (C=O) groups excluding carboxylic acids is 1. The molecule has 2 atom stereocenters. The second-order valence-electron chi connectivity index (χ2n) is 7.72. The second-order valence-corrected chi connectivity index (χ2v) is 7.72. The molecule has 1 aliphatic rings. The molecule has 0 spiro atoms. The van der Waals surface area contributed by atoms with Crippen molar-refractivity contribution in [1.29, 1.82) is 0 Å². The molecule has 3 aromatic rings. The molecule has 0 bridgehead atoms. The molecule has 32 heavy (non-hydrogen) atoms. The van der Waals surface area contributed by atoms with Gasteiger partial charge in [-0.25, -0.2) is 4.79 Å². The lowest BCUT2D eigenvalue weighted by atomic mass is 9.98. The van der Waals surface area contributed by atoms with Crippen LogP contribution in [0.5, 0.6) is 5.75 Å². The van der Waals surface area contributed by atoms with Crippen molar-refractivity contribution in [3.8, 4) is 16.9 Å². The number of aliphatic hydroxyl groups is 2. The number of aliphatic hydroxyl groups excluding tert-OH is 2. The number of alkyl carbamates (subject to hydrolysis) is 1. The molecule has 1 aliphatic carbocycles. The average Bonchev–Trinajstić information content (AvgIpc) is 3.14. The first-order chi connectivity index (χ1) is 15.5. The van der Waals surface area contributed by atoms with Crippen molar-refractivity contribution in [2.75, 3.05) is 26.0 Å². The Balaban J connectivity index is 1.35. The summed E-state index contributed by atoms with van der Waals surface area (Å²) in [6.07, 6.45) is -3.19. The minimum Gasteiger partial charge on any atom is -0.496 e. The maximum absolute atomic E-state index is 12.3. The van der Waals surface area contributed by atoms with E-state index in [2.05, 4.69) is 17.4 Å². The second kappa shape index (κ2) is 9.30. The summed E-state index contributed by atoms with van der Waals surface area (Å²) >= 11 is 0. The number of rotatable bonds is 7. The van der Waals surface area contributed by atoms with Gasteiger partial charge in [0.1, 0.15) is 24.6 Å². The lowest BCUT2D eigenvalue weighted by Crippen LogP contribution is -2.36. The van der Waals surface area contributed by atoms with Gasteiger partial charge in [0, 0.05) is 29.8 Å². The highest BCUT2D eigenvalue weighted by atomic mass is 16.5. The van der Waals surface area contributed by atoms with Crippen molar-refractivity contribution in [3.05, 3.63) is 83.4 Å². The van der Waals surface area contributed by atoms with Crippen LogP contribution in [-0.2, 0) is 4.74 Å². The summed E-state index contributed by atoms with van der Waals surface area (Å²) in [5, 5.41) is 23.3. The fourth-order valence-corrected chi connectivity index (χ4v) is 4.13. The number of amides is 1. The lowest BCUT2D eigenvalue weighted by molar-refractivity contribution is 0.0172. The van der Waals surface area contributed by atoms with E-state index in [0.717, 1.165) is 22.3 Å². The van der Waals surface area contributed by atoms with Gasteiger partial charge in [0.15, 0.2) is 0 Å². The smallest absolute Gasteiger partial charge is 0.407 e. The van der Waals surface area contributed by atoms with E-state index < -0.39 is 18.3 Å². The van der Waals surface area contributed by atoms with Crippen LogP contribution in [-0.4, -0.2) is 42.7 Å². The Kier molecular flexibility index (Phi) is 6.30. The summed E-state index contributed by atoms with van der Waals surface area (Å²) in [7, 11) is 1.45. The maximum Gasteiger partial charge on any atom is 0.407 e. The van der Waals surface area contributed by atoms with E-state index in [9.17, 15) is 15.0 Å². The van der Waals surface area contributed by atoms with Crippen molar-refractivity contribution >= 4 is 11.8 Å². The highest BCUT2D eigenvalue weighted by Crippen LogP contribution is 2.44. The van der Waals surface area contributed by atoms with E-state index >= 15 is 0 Å². The predicted octanol–water partition coefficient (Wildman–Crippen LogP) is 3.21. The topological polar surface area (TPSA) is 114 Å². The number of ether oxygens (including phenoxy) is 2. The zero-order chi connectivity index (χ0) is 22.7.